The van der Waals surface area contributed by atoms with Gasteiger partial charge in [0.05, 0.1) is 6.54 Å². The Kier molecular flexibility index (Phi) is 8.94. The maximum absolute atomic E-state index is 12.1. The van der Waals surface area contributed by atoms with Crippen molar-refractivity contribution < 1.29 is 9.53 Å². The van der Waals surface area contributed by atoms with E-state index in [9.17, 15) is 4.79 Å². The van der Waals surface area contributed by atoms with Gasteiger partial charge < -0.3 is 15.0 Å². The Morgan fingerprint density at radius 1 is 1.27 bits per heavy atom. The Balaban J connectivity index is 0.00000242. The number of amides is 1. The van der Waals surface area contributed by atoms with Crippen LogP contribution in [-0.4, -0.2) is 44.1 Å². The van der Waals surface area contributed by atoms with E-state index in [0.717, 1.165) is 25.3 Å². The van der Waals surface area contributed by atoms with E-state index < -0.39 is 0 Å². The lowest BCUT2D eigenvalue weighted by molar-refractivity contribution is -0.130. The second-order valence-electron chi connectivity index (χ2n) is 5.71. The Labute approximate surface area is 139 Å². The fourth-order valence-electron chi connectivity index (χ4n) is 2.63. The molecule has 2 rings (SSSR count). The summed E-state index contributed by atoms with van der Waals surface area (Å²) in [5.74, 6) is 1.79. The van der Waals surface area contributed by atoms with Crippen molar-refractivity contribution in [1.82, 2.24) is 10.2 Å². The quantitative estimate of drug-likeness (QED) is 0.837. The summed E-state index contributed by atoms with van der Waals surface area (Å²) in [5, 5.41) is 3.36. The number of carbonyl (C=O) groups excluding carboxylic acids is 1. The van der Waals surface area contributed by atoms with E-state index in [1.165, 1.54) is 12.8 Å². The summed E-state index contributed by atoms with van der Waals surface area (Å²) < 4.78 is 5.62. The third-order valence-electron chi connectivity index (χ3n) is 4.09. The number of benzene rings is 1. The zero-order valence-electron chi connectivity index (χ0n) is 13.3. The first-order valence-corrected chi connectivity index (χ1v) is 7.88. The molecule has 0 saturated carbocycles. The molecule has 1 saturated heterocycles. The second-order valence-corrected chi connectivity index (χ2v) is 5.71. The Morgan fingerprint density at radius 3 is 2.64 bits per heavy atom. The van der Waals surface area contributed by atoms with Gasteiger partial charge in [0.2, 0.25) is 5.91 Å². The van der Waals surface area contributed by atoms with Gasteiger partial charge in [0.15, 0.2) is 0 Å². The predicted octanol–water partition coefficient (Wildman–Crippen LogP) is 2.73. The van der Waals surface area contributed by atoms with Gasteiger partial charge >= 0.3 is 0 Å². The Bertz CT molecular complexity index is 422. The molecule has 0 aliphatic carbocycles. The second kappa shape index (κ2) is 10.5. The molecule has 1 aliphatic heterocycles. The largest absolute Gasteiger partial charge is 0.492 e. The van der Waals surface area contributed by atoms with E-state index in [1.54, 1.807) is 4.90 Å². The average Bonchev–Trinajstić information content (AvgIpc) is 2.54. The van der Waals surface area contributed by atoms with Crippen LogP contribution in [0.25, 0.3) is 0 Å². The van der Waals surface area contributed by atoms with Gasteiger partial charge in [-0.2, -0.15) is 0 Å². The van der Waals surface area contributed by atoms with Gasteiger partial charge in [-0.25, -0.2) is 0 Å². The zero-order chi connectivity index (χ0) is 14.9. The standard InChI is InChI=1S/C17H26N2O2.ClH/c1-19(13-14-21-16-5-3-2-4-6-16)17(20)8-7-15-9-11-18-12-10-15;/h2-6,15,18H,7-14H2,1H3;1H. The fourth-order valence-corrected chi connectivity index (χ4v) is 2.63. The van der Waals surface area contributed by atoms with Crippen LogP contribution >= 0.6 is 12.4 Å². The molecular weight excluding hydrogens is 300 g/mol. The first-order chi connectivity index (χ1) is 10.3. The van der Waals surface area contributed by atoms with Crippen LogP contribution in [0, 0.1) is 5.92 Å². The average molecular weight is 327 g/mol. The van der Waals surface area contributed by atoms with Crippen LogP contribution in [0.3, 0.4) is 0 Å². The van der Waals surface area contributed by atoms with Crippen LogP contribution in [0.1, 0.15) is 25.7 Å². The molecule has 5 heteroatoms. The maximum atomic E-state index is 12.1. The SMILES string of the molecule is CN(CCOc1ccccc1)C(=O)CCC1CCNCC1.Cl. The highest BCUT2D eigenvalue weighted by atomic mass is 35.5. The van der Waals surface area contributed by atoms with Crippen LogP contribution in [0.4, 0.5) is 0 Å². The van der Waals surface area contributed by atoms with Crippen molar-refractivity contribution in [3.05, 3.63) is 30.3 Å². The number of rotatable bonds is 7. The first kappa shape index (κ1) is 18.8. The van der Waals surface area contributed by atoms with Crippen LogP contribution in [0.5, 0.6) is 5.75 Å². The molecule has 1 aromatic carbocycles. The number of ether oxygens (including phenoxy) is 1. The van der Waals surface area contributed by atoms with E-state index in [1.807, 2.05) is 37.4 Å². The van der Waals surface area contributed by atoms with Crippen molar-refractivity contribution in [2.24, 2.45) is 5.92 Å². The lowest BCUT2D eigenvalue weighted by Gasteiger charge is -2.23. The van der Waals surface area contributed by atoms with Crippen molar-refractivity contribution in [1.29, 1.82) is 0 Å². The van der Waals surface area contributed by atoms with Gasteiger partial charge in [-0.3, -0.25) is 4.79 Å². The number of hydrogen-bond acceptors (Lipinski definition) is 3. The molecule has 0 aromatic heterocycles. The molecule has 1 aromatic rings. The van der Waals surface area contributed by atoms with Crippen LogP contribution < -0.4 is 10.1 Å². The van der Waals surface area contributed by atoms with Gasteiger partial charge in [-0.1, -0.05) is 18.2 Å². The number of halogens is 1. The summed E-state index contributed by atoms with van der Waals surface area (Å²) >= 11 is 0. The van der Waals surface area contributed by atoms with Crippen molar-refractivity contribution in [2.75, 3.05) is 33.3 Å². The molecule has 0 spiro atoms. The lowest BCUT2D eigenvalue weighted by Crippen LogP contribution is -2.32. The molecular formula is C17H27ClN2O2. The number of nitrogens with zero attached hydrogens (tertiary/aromatic N) is 1. The molecule has 22 heavy (non-hydrogen) atoms. The number of carbonyl (C=O) groups is 1. The topological polar surface area (TPSA) is 41.6 Å². The number of piperidine rings is 1. The molecule has 1 amide bonds. The highest BCUT2D eigenvalue weighted by Crippen LogP contribution is 2.18. The van der Waals surface area contributed by atoms with Gasteiger partial charge in [0.25, 0.3) is 0 Å². The highest BCUT2D eigenvalue weighted by Gasteiger charge is 2.16. The van der Waals surface area contributed by atoms with Crippen molar-refractivity contribution >= 4 is 18.3 Å². The van der Waals surface area contributed by atoms with E-state index in [-0.39, 0.29) is 18.3 Å². The Hall–Kier alpha value is -1.26. The Morgan fingerprint density at radius 2 is 1.95 bits per heavy atom. The summed E-state index contributed by atoms with van der Waals surface area (Å²) in [5.41, 5.74) is 0. The van der Waals surface area contributed by atoms with E-state index >= 15 is 0 Å². The predicted molar refractivity (Wildman–Crippen MR) is 91.6 cm³/mol. The zero-order valence-corrected chi connectivity index (χ0v) is 14.1. The summed E-state index contributed by atoms with van der Waals surface area (Å²) in [6, 6.07) is 9.72. The van der Waals surface area contributed by atoms with Crippen LogP contribution in [0.15, 0.2) is 30.3 Å². The van der Waals surface area contributed by atoms with Gasteiger partial charge in [0, 0.05) is 13.5 Å². The minimum atomic E-state index is 0. The minimum absolute atomic E-state index is 0. The van der Waals surface area contributed by atoms with Crippen LogP contribution in [-0.2, 0) is 4.79 Å². The number of likely N-dealkylation sites (N-methyl/N-ethyl adjacent to an activating group) is 1. The maximum Gasteiger partial charge on any atom is 0.222 e. The minimum Gasteiger partial charge on any atom is -0.492 e. The van der Waals surface area contributed by atoms with E-state index in [2.05, 4.69) is 5.32 Å². The monoisotopic (exact) mass is 326 g/mol. The normalized spacial score (nSPS) is 15.0. The summed E-state index contributed by atoms with van der Waals surface area (Å²) in [7, 11) is 1.86. The lowest BCUT2D eigenvalue weighted by atomic mass is 9.93. The number of nitrogens with one attached hydrogen (secondary N) is 1. The smallest absolute Gasteiger partial charge is 0.222 e. The summed E-state index contributed by atoms with van der Waals surface area (Å²) in [6.45, 7) is 3.37. The van der Waals surface area contributed by atoms with Gasteiger partial charge in [-0.05, 0) is 50.4 Å². The first-order valence-electron chi connectivity index (χ1n) is 7.88. The van der Waals surface area contributed by atoms with Gasteiger partial charge in [-0.15, -0.1) is 12.4 Å². The van der Waals surface area contributed by atoms with Crippen molar-refractivity contribution in [3.8, 4) is 5.75 Å². The molecule has 0 atom stereocenters. The summed E-state index contributed by atoms with van der Waals surface area (Å²) in [6.07, 6.45) is 4.08. The summed E-state index contributed by atoms with van der Waals surface area (Å²) in [4.78, 5) is 13.9. The molecule has 1 heterocycles. The number of hydrogen-bond donors (Lipinski definition) is 1. The van der Waals surface area contributed by atoms with E-state index in [4.69, 9.17) is 4.74 Å². The highest BCUT2D eigenvalue weighted by molar-refractivity contribution is 5.85. The molecule has 0 bridgehead atoms. The van der Waals surface area contributed by atoms with Gasteiger partial charge in [0.1, 0.15) is 12.4 Å². The van der Waals surface area contributed by atoms with Crippen molar-refractivity contribution in [3.63, 3.8) is 0 Å². The third kappa shape index (κ3) is 6.67. The molecule has 4 nitrogen and oxygen atoms in total. The van der Waals surface area contributed by atoms with E-state index in [0.29, 0.717) is 25.5 Å². The van der Waals surface area contributed by atoms with Crippen LogP contribution in [0.2, 0.25) is 0 Å². The molecule has 0 radical (unpaired) electrons. The fraction of sp³-hybridized carbons (Fsp3) is 0.588. The molecule has 1 fully saturated rings. The third-order valence-corrected chi connectivity index (χ3v) is 4.09. The molecule has 1 aliphatic rings. The number of para-hydroxylation sites is 1. The molecule has 1 N–H and O–H groups in total. The van der Waals surface area contributed by atoms with Crippen molar-refractivity contribution in [2.45, 2.75) is 25.7 Å². The molecule has 124 valence electrons. The molecule has 0 unspecified atom stereocenters.